The van der Waals surface area contributed by atoms with Gasteiger partial charge in [0.2, 0.25) is 0 Å². The first-order chi connectivity index (χ1) is 22.4. The molecule has 4 fully saturated rings. The van der Waals surface area contributed by atoms with Crippen molar-refractivity contribution in [3.63, 3.8) is 0 Å². The Labute approximate surface area is 266 Å². The summed E-state index contributed by atoms with van der Waals surface area (Å²) in [5, 5.41) is 1.61. The average Bonchev–Trinajstić information content (AvgIpc) is 3.69. The van der Waals surface area contributed by atoms with Gasteiger partial charge in [0.25, 0.3) is 6.47 Å². The molecule has 8 rings (SSSR count). The summed E-state index contributed by atoms with van der Waals surface area (Å²) in [5.41, 5.74) is 7.33. The molecule has 46 heavy (non-hydrogen) atoms. The van der Waals surface area contributed by atoms with Gasteiger partial charge in [-0.3, -0.25) is 14.7 Å². The van der Waals surface area contributed by atoms with Crippen LogP contribution in [-0.4, -0.2) is 70.7 Å². The van der Waals surface area contributed by atoms with Gasteiger partial charge in [0.1, 0.15) is 35.2 Å². The summed E-state index contributed by atoms with van der Waals surface area (Å²) in [7, 11) is 0. The van der Waals surface area contributed by atoms with E-state index in [0.717, 1.165) is 64.7 Å². The average molecular weight is 629 g/mol. The molecule has 2 aromatic heterocycles. The first-order valence-corrected chi connectivity index (χ1v) is 16.5. The molecular weight excluding hydrogens is 590 g/mol. The van der Waals surface area contributed by atoms with E-state index in [2.05, 4.69) is 19.8 Å². The van der Waals surface area contributed by atoms with Crippen LogP contribution in [0, 0.1) is 23.5 Å². The summed E-state index contributed by atoms with van der Waals surface area (Å²) in [4.78, 5) is 30.2. The Morgan fingerprint density at radius 1 is 1.09 bits per heavy atom. The molecule has 0 amide bonds. The molecule has 0 radical (unpaired) electrons. The largest absolute Gasteiger partial charge is 0.461 e. The number of piperidine rings is 1. The zero-order valence-corrected chi connectivity index (χ0v) is 26.0. The summed E-state index contributed by atoms with van der Waals surface area (Å²) in [6, 6.07) is 6.43. The highest BCUT2D eigenvalue weighted by atomic mass is 19.1. The quantitative estimate of drug-likeness (QED) is 0.257. The molecule has 2 aromatic carbocycles. The number of fused-ring (bicyclic) bond motifs is 5. The molecule has 3 saturated heterocycles. The Morgan fingerprint density at radius 3 is 2.57 bits per heavy atom. The second kappa shape index (κ2) is 11.4. The zero-order chi connectivity index (χ0) is 31.6. The van der Waals surface area contributed by atoms with Crippen LogP contribution in [0.15, 0.2) is 30.5 Å². The van der Waals surface area contributed by atoms with Crippen molar-refractivity contribution in [2.24, 2.45) is 17.6 Å². The number of carbonyl (C=O) groups is 1. The number of hydrogen-bond donors (Lipinski definition) is 1. The number of hydrogen-bond acceptors (Lipinski definition) is 9. The second-order valence-electron chi connectivity index (χ2n) is 13.5. The van der Waals surface area contributed by atoms with Gasteiger partial charge in [-0.25, -0.2) is 8.78 Å². The van der Waals surface area contributed by atoms with Gasteiger partial charge in [0.15, 0.2) is 5.82 Å². The lowest BCUT2D eigenvalue weighted by Crippen LogP contribution is -2.49. The number of nitrogens with zero attached hydrogens (tertiary/aromatic N) is 5. The minimum Gasteiger partial charge on any atom is -0.461 e. The van der Waals surface area contributed by atoms with Crippen LogP contribution in [0.5, 0.6) is 11.8 Å². The standard InChI is InChI=1S/C35H38F2N6O3/c1-2-24-27(36)8-7-20-13-23(46-19-44)14-25(28(20)24)31-29(37)32-26(15-39-31)33(42-16-21-5-6-22(17-42)30(21)38)41-34(40-32)45-18-35-9-3-11-43(35)12-4-10-35/h7-8,13-15,19,21-22,30H,2-6,9-12,16-18,38H2,1H3/t21-,22+,30-. The van der Waals surface area contributed by atoms with Gasteiger partial charge in [0.05, 0.1) is 10.9 Å². The molecule has 240 valence electrons. The predicted molar refractivity (Wildman–Crippen MR) is 171 cm³/mol. The van der Waals surface area contributed by atoms with Gasteiger partial charge in [0, 0.05) is 30.9 Å². The van der Waals surface area contributed by atoms with E-state index in [1.807, 2.05) is 6.92 Å². The van der Waals surface area contributed by atoms with Crippen LogP contribution in [0.3, 0.4) is 0 Å². The third kappa shape index (κ3) is 4.69. The highest BCUT2D eigenvalue weighted by Crippen LogP contribution is 2.43. The maximum atomic E-state index is 17.0. The van der Waals surface area contributed by atoms with E-state index in [-0.39, 0.29) is 34.6 Å². The van der Waals surface area contributed by atoms with Crippen molar-refractivity contribution in [1.29, 1.82) is 0 Å². The summed E-state index contributed by atoms with van der Waals surface area (Å²) in [6.45, 7) is 6.18. The SMILES string of the molecule is CCc1c(F)ccc2cc(OC=O)cc(-c3ncc4c(N5C[C@H]6CC[C@@H](C5)[C@@H]6N)nc(OCC56CCCN5CCC6)nc4c3F)c12. The normalized spacial score (nSPS) is 23.7. The van der Waals surface area contributed by atoms with Crippen molar-refractivity contribution in [3.05, 3.63) is 47.7 Å². The van der Waals surface area contributed by atoms with Crippen LogP contribution < -0.4 is 20.1 Å². The van der Waals surface area contributed by atoms with Crippen LogP contribution in [0.25, 0.3) is 32.9 Å². The number of anilines is 1. The number of aryl methyl sites for hydroxylation is 1. The molecule has 5 heterocycles. The van der Waals surface area contributed by atoms with Crippen molar-refractivity contribution in [2.45, 2.75) is 63.5 Å². The molecule has 0 spiro atoms. The van der Waals surface area contributed by atoms with Crippen LogP contribution in [-0.2, 0) is 11.2 Å². The lowest BCUT2D eigenvalue weighted by molar-refractivity contribution is -0.120. The lowest BCUT2D eigenvalue weighted by Gasteiger charge is -2.37. The number of rotatable bonds is 8. The fraction of sp³-hybridized carbons (Fsp3) is 0.486. The summed E-state index contributed by atoms with van der Waals surface area (Å²) >= 11 is 0. The molecule has 4 aliphatic rings. The maximum absolute atomic E-state index is 17.0. The van der Waals surface area contributed by atoms with Crippen molar-refractivity contribution in [1.82, 2.24) is 19.9 Å². The van der Waals surface area contributed by atoms with Crippen molar-refractivity contribution in [2.75, 3.05) is 37.7 Å². The zero-order valence-electron chi connectivity index (χ0n) is 26.0. The van der Waals surface area contributed by atoms with Crippen molar-refractivity contribution < 1.29 is 23.0 Å². The van der Waals surface area contributed by atoms with E-state index in [1.165, 1.54) is 12.1 Å². The Bertz CT molecular complexity index is 1830. The molecular formula is C35H38F2N6O3. The second-order valence-corrected chi connectivity index (χ2v) is 13.5. The molecule has 9 nitrogen and oxygen atoms in total. The molecule has 11 heteroatoms. The highest BCUT2D eigenvalue weighted by Gasteiger charge is 2.45. The lowest BCUT2D eigenvalue weighted by atomic mass is 9.93. The predicted octanol–water partition coefficient (Wildman–Crippen LogP) is 5.40. The van der Waals surface area contributed by atoms with Gasteiger partial charge in [-0.05, 0) is 104 Å². The molecule has 2 N–H and O–H groups in total. The minimum absolute atomic E-state index is 0.0122. The van der Waals surface area contributed by atoms with E-state index in [0.29, 0.717) is 64.4 Å². The molecule has 1 saturated carbocycles. The van der Waals surface area contributed by atoms with E-state index >= 15 is 8.78 Å². The molecule has 2 bridgehead atoms. The summed E-state index contributed by atoms with van der Waals surface area (Å²) in [6.07, 6.45) is 8.49. The summed E-state index contributed by atoms with van der Waals surface area (Å²) < 4.78 is 43.6. The Kier molecular flexibility index (Phi) is 7.28. The monoisotopic (exact) mass is 628 g/mol. The van der Waals surface area contributed by atoms with E-state index < -0.39 is 11.6 Å². The van der Waals surface area contributed by atoms with Crippen LogP contribution >= 0.6 is 0 Å². The van der Waals surface area contributed by atoms with Crippen LogP contribution in [0.2, 0.25) is 0 Å². The minimum atomic E-state index is -0.667. The molecule has 0 unspecified atom stereocenters. The first kappa shape index (κ1) is 29.4. The number of nitrogens with two attached hydrogens (primary N) is 1. The van der Waals surface area contributed by atoms with E-state index in [1.54, 1.807) is 18.3 Å². The third-order valence-corrected chi connectivity index (χ3v) is 11.1. The number of carbonyl (C=O) groups excluding carboxylic acids is 1. The molecule has 1 aliphatic carbocycles. The Hall–Kier alpha value is -3.96. The number of benzene rings is 2. The molecule has 3 atom stereocenters. The maximum Gasteiger partial charge on any atom is 0.319 e. The van der Waals surface area contributed by atoms with Crippen LogP contribution in [0.1, 0.15) is 51.0 Å². The Balaban J connectivity index is 1.29. The van der Waals surface area contributed by atoms with Crippen molar-refractivity contribution in [3.8, 4) is 23.0 Å². The highest BCUT2D eigenvalue weighted by molar-refractivity contribution is 6.02. The van der Waals surface area contributed by atoms with Gasteiger partial charge in [-0.1, -0.05) is 13.0 Å². The molecule has 3 aliphatic heterocycles. The van der Waals surface area contributed by atoms with Gasteiger partial charge in [-0.2, -0.15) is 9.97 Å². The number of ether oxygens (including phenoxy) is 2. The fourth-order valence-electron chi connectivity index (χ4n) is 8.76. The van der Waals surface area contributed by atoms with Gasteiger partial charge >= 0.3 is 6.01 Å². The van der Waals surface area contributed by atoms with E-state index in [4.69, 9.17) is 20.2 Å². The Morgan fingerprint density at radius 2 is 1.85 bits per heavy atom. The fourth-order valence-corrected chi connectivity index (χ4v) is 8.76. The summed E-state index contributed by atoms with van der Waals surface area (Å²) in [5.74, 6) is 0.411. The van der Waals surface area contributed by atoms with E-state index in [9.17, 15) is 4.79 Å². The smallest absolute Gasteiger partial charge is 0.319 e. The number of pyridine rings is 1. The van der Waals surface area contributed by atoms with Crippen LogP contribution in [0.4, 0.5) is 14.6 Å². The molecule has 4 aromatic rings. The number of halogens is 2. The third-order valence-electron chi connectivity index (χ3n) is 11.1. The number of aromatic nitrogens is 3. The first-order valence-electron chi connectivity index (χ1n) is 16.5. The topological polar surface area (TPSA) is 107 Å². The van der Waals surface area contributed by atoms with Gasteiger partial charge < -0.3 is 20.1 Å². The van der Waals surface area contributed by atoms with Crippen molar-refractivity contribution >= 4 is 34.0 Å². The van der Waals surface area contributed by atoms with Gasteiger partial charge in [-0.15, -0.1) is 0 Å².